The van der Waals surface area contributed by atoms with Crippen LogP contribution in [0, 0.1) is 0 Å². The van der Waals surface area contributed by atoms with Gasteiger partial charge in [-0.1, -0.05) is 22.0 Å². The van der Waals surface area contributed by atoms with Gasteiger partial charge < -0.3 is 15.5 Å². The molecular weight excluding hydrogens is 294 g/mol. The molecule has 2 N–H and O–H groups in total. The normalized spacial score (nSPS) is 20.7. The van der Waals surface area contributed by atoms with E-state index in [0.29, 0.717) is 6.42 Å². The van der Waals surface area contributed by atoms with Gasteiger partial charge in [0.1, 0.15) is 0 Å². The molecule has 98 valence electrons. The van der Waals surface area contributed by atoms with Crippen molar-refractivity contribution in [3.8, 4) is 0 Å². The first-order valence-electron chi connectivity index (χ1n) is 6.11. The Hall–Kier alpha value is -0.910. The zero-order valence-electron chi connectivity index (χ0n) is 10.4. The highest BCUT2D eigenvalue weighted by atomic mass is 79.9. The molecule has 1 aliphatic heterocycles. The van der Waals surface area contributed by atoms with Gasteiger partial charge in [0.25, 0.3) is 0 Å². The number of halogens is 1. The summed E-state index contributed by atoms with van der Waals surface area (Å²) in [5, 5.41) is 6.28. The van der Waals surface area contributed by atoms with Crippen LogP contribution in [-0.2, 0) is 4.79 Å². The van der Waals surface area contributed by atoms with Crippen molar-refractivity contribution in [3.05, 3.63) is 28.7 Å². The summed E-state index contributed by atoms with van der Waals surface area (Å²) in [6.07, 6.45) is 0.511. The van der Waals surface area contributed by atoms with Gasteiger partial charge >= 0.3 is 0 Å². The molecule has 1 amide bonds. The summed E-state index contributed by atoms with van der Waals surface area (Å²) in [4.78, 5) is 14.2. The van der Waals surface area contributed by atoms with E-state index in [-0.39, 0.29) is 11.9 Å². The number of carbonyl (C=O) groups is 1. The minimum Gasteiger partial charge on any atom is -0.326 e. The van der Waals surface area contributed by atoms with Crippen LogP contribution in [0.4, 0.5) is 5.69 Å². The Labute approximate surface area is 116 Å². The van der Waals surface area contributed by atoms with Crippen molar-refractivity contribution in [2.75, 3.05) is 32.0 Å². The second kappa shape index (κ2) is 6.31. The van der Waals surface area contributed by atoms with Crippen molar-refractivity contribution >= 4 is 27.5 Å². The van der Waals surface area contributed by atoms with E-state index >= 15 is 0 Å². The van der Waals surface area contributed by atoms with Crippen molar-refractivity contribution in [2.24, 2.45) is 0 Å². The lowest BCUT2D eigenvalue weighted by molar-refractivity contribution is -0.116. The van der Waals surface area contributed by atoms with E-state index in [1.807, 2.05) is 24.3 Å². The number of amides is 1. The first-order valence-corrected chi connectivity index (χ1v) is 6.90. The third kappa shape index (κ3) is 4.08. The van der Waals surface area contributed by atoms with Gasteiger partial charge in [0.2, 0.25) is 5.91 Å². The van der Waals surface area contributed by atoms with E-state index in [1.54, 1.807) is 0 Å². The number of nitrogens with one attached hydrogen (secondary N) is 2. The molecule has 18 heavy (non-hydrogen) atoms. The number of piperazine rings is 1. The maximum absolute atomic E-state index is 11.9. The molecule has 1 aliphatic rings. The highest BCUT2D eigenvalue weighted by Gasteiger charge is 2.19. The Morgan fingerprint density at radius 1 is 1.61 bits per heavy atom. The minimum absolute atomic E-state index is 0.0564. The second-order valence-corrected chi connectivity index (χ2v) is 5.59. The topological polar surface area (TPSA) is 44.4 Å². The molecule has 2 rings (SSSR count). The van der Waals surface area contributed by atoms with Crippen molar-refractivity contribution in [2.45, 2.75) is 12.5 Å². The van der Waals surface area contributed by atoms with E-state index in [1.165, 1.54) is 0 Å². The molecule has 0 radical (unpaired) electrons. The van der Waals surface area contributed by atoms with Gasteiger partial charge in [0, 0.05) is 42.3 Å². The largest absolute Gasteiger partial charge is 0.326 e. The van der Waals surface area contributed by atoms with Crippen LogP contribution in [-0.4, -0.2) is 43.5 Å². The van der Waals surface area contributed by atoms with Crippen LogP contribution < -0.4 is 10.6 Å². The lowest BCUT2D eigenvalue weighted by Crippen LogP contribution is -2.50. The van der Waals surface area contributed by atoms with Gasteiger partial charge in [0.05, 0.1) is 0 Å². The van der Waals surface area contributed by atoms with Crippen LogP contribution in [0.25, 0.3) is 0 Å². The van der Waals surface area contributed by atoms with E-state index in [4.69, 9.17) is 0 Å². The van der Waals surface area contributed by atoms with E-state index in [0.717, 1.165) is 29.8 Å². The summed E-state index contributed by atoms with van der Waals surface area (Å²) in [6.45, 7) is 2.92. The fourth-order valence-electron chi connectivity index (χ4n) is 2.13. The van der Waals surface area contributed by atoms with Gasteiger partial charge in [-0.2, -0.15) is 0 Å². The number of hydrogen-bond donors (Lipinski definition) is 2. The Morgan fingerprint density at radius 2 is 2.44 bits per heavy atom. The molecule has 1 fully saturated rings. The molecule has 1 saturated heterocycles. The van der Waals surface area contributed by atoms with Crippen LogP contribution in [0.2, 0.25) is 0 Å². The zero-order valence-corrected chi connectivity index (χ0v) is 12.0. The van der Waals surface area contributed by atoms with Crippen molar-refractivity contribution in [1.82, 2.24) is 10.2 Å². The average Bonchev–Trinajstić information content (AvgIpc) is 2.28. The summed E-state index contributed by atoms with van der Waals surface area (Å²) < 4.78 is 0.968. The van der Waals surface area contributed by atoms with Gasteiger partial charge in [-0.05, 0) is 25.2 Å². The fraction of sp³-hybridized carbons (Fsp3) is 0.462. The van der Waals surface area contributed by atoms with Gasteiger partial charge in [0.15, 0.2) is 0 Å². The van der Waals surface area contributed by atoms with Crippen LogP contribution in [0.1, 0.15) is 6.42 Å². The molecule has 5 heteroatoms. The molecule has 1 aromatic rings. The molecule has 1 atom stereocenters. The van der Waals surface area contributed by atoms with Gasteiger partial charge in [-0.25, -0.2) is 0 Å². The highest BCUT2D eigenvalue weighted by molar-refractivity contribution is 9.10. The summed E-state index contributed by atoms with van der Waals surface area (Å²) in [5.41, 5.74) is 0.832. The molecule has 0 aromatic heterocycles. The maximum Gasteiger partial charge on any atom is 0.225 e. The summed E-state index contributed by atoms with van der Waals surface area (Å²) in [6, 6.07) is 7.89. The number of rotatable bonds is 3. The predicted octanol–water partition coefficient (Wildman–Crippen LogP) is 1.68. The maximum atomic E-state index is 11.9. The number of likely N-dealkylation sites (N-methyl/N-ethyl adjacent to an activating group) is 1. The molecule has 1 unspecified atom stereocenters. The lowest BCUT2D eigenvalue weighted by atomic mass is 10.1. The van der Waals surface area contributed by atoms with Crippen molar-refractivity contribution < 1.29 is 4.79 Å². The van der Waals surface area contributed by atoms with E-state index < -0.39 is 0 Å². The van der Waals surface area contributed by atoms with Gasteiger partial charge in [-0.3, -0.25) is 4.79 Å². The minimum atomic E-state index is 0.0564. The third-order valence-electron chi connectivity index (χ3n) is 3.00. The molecular formula is C13H18BrN3O. The third-order valence-corrected chi connectivity index (χ3v) is 3.49. The Morgan fingerprint density at radius 3 is 3.17 bits per heavy atom. The quantitative estimate of drug-likeness (QED) is 0.892. The summed E-state index contributed by atoms with van der Waals surface area (Å²) in [7, 11) is 2.08. The number of hydrogen-bond acceptors (Lipinski definition) is 3. The SMILES string of the molecule is CN1CCNC(CC(=O)Nc2cccc(Br)c2)C1. The highest BCUT2D eigenvalue weighted by Crippen LogP contribution is 2.16. The zero-order chi connectivity index (χ0) is 13.0. The first-order chi connectivity index (χ1) is 8.63. The monoisotopic (exact) mass is 311 g/mol. The summed E-state index contributed by atoms with van der Waals surface area (Å²) in [5.74, 6) is 0.0564. The smallest absolute Gasteiger partial charge is 0.225 e. The number of carbonyl (C=O) groups excluding carboxylic acids is 1. The lowest BCUT2D eigenvalue weighted by Gasteiger charge is -2.30. The summed E-state index contributed by atoms with van der Waals surface area (Å²) >= 11 is 3.39. The predicted molar refractivity (Wildman–Crippen MR) is 76.7 cm³/mol. The van der Waals surface area contributed by atoms with Crippen LogP contribution in [0.3, 0.4) is 0 Å². The number of anilines is 1. The van der Waals surface area contributed by atoms with Crippen LogP contribution >= 0.6 is 15.9 Å². The molecule has 1 heterocycles. The molecule has 0 bridgehead atoms. The molecule has 0 saturated carbocycles. The Bertz CT molecular complexity index is 424. The molecule has 4 nitrogen and oxygen atoms in total. The second-order valence-electron chi connectivity index (χ2n) is 4.68. The van der Waals surface area contributed by atoms with Crippen molar-refractivity contribution in [3.63, 3.8) is 0 Å². The van der Waals surface area contributed by atoms with Crippen LogP contribution in [0.15, 0.2) is 28.7 Å². The fourth-order valence-corrected chi connectivity index (χ4v) is 2.53. The first kappa shape index (κ1) is 13.5. The van der Waals surface area contributed by atoms with E-state index in [9.17, 15) is 4.79 Å². The molecule has 0 spiro atoms. The Kier molecular flexibility index (Phi) is 4.74. The number of benzene rings is 1. The van der Waals surface area contributed by atoms with E-state index in [2.05, 4.69) is 38.5 Å². The van der Waals surface area contributed by atoms with Crippen LogP contribution in [0.5, 0.6) is 0 Å². The van der Waals surface area contributed by atoms with Gasteiger partial charge in [-0.15, -0.1) is 0 Å². The standard InChI is InChI=1S/C13H18BrN3O/c1-17-6-5-15-12(9-17)8-13(18)16-11-4-2-3-10(14)7-11/h2-4,7,12,15H,5-6,8-9H2,1H3,(H,16,18). The van der Waals surface area contributed by atoms with Crippen molar-refractivity contribution in [1.29, 1.82) is 0 Å². The average molecular weight is 312 g/mol. The number of nitrogens with zero attached hydrogens (tertiary/aromatic N) is 1. The Balaban J connectivity index is 1.85. The molecule has 1 aromatic carbocycles. The molecule has 0 aliphatic carbocycles.